The van der Waals surface area contributed by atoms with Gasteiger partial charge in [-0.25, -0.2) is 0 Å². The van der Waals surface area contributed by atoms with Gasteiger partial charge >= 0.3 is 5.97 Å². The average molecular weight is 437 g/mol. The Kier molecular flexibility index (Phi) is 8.30. The largest absolute Gasteiger partial charge is 0.497 e. The van der Waals surface area contributed by atoms with Gasteiger partial charge in [-0.1, -0.05) is 11.6 Å². The maximum atomic E-state index is 12.1. The summed E-state index contributed by atoms with van der Waals surface area (Å²) < 4.78 is 20.1. The van der Waals surface area contributed by atoms with Gasteiger partial charge in [0.05, 0.1) is 32.0 Å². The summed E-state index contributed by atoms with van der Waals surface area (Å²) in [6.07, 6.45) is 0. The Morgan fingerprint density at radius 1 is 0.933 bits per heavy atom. The summed E-state index contributed by atoms with van der Waals surface area (Å²) in [7, 11) is 4.39. The van der Waals surface area contributed by atoms with Crippen LogP contribution in [0.5, 0.6) is 17.2 Å². The van der Waals surface area contributed by atoms with Crippen LogP contribution in [0.4, 0.5) is 5.69 Å². The van der Waals surface area contributed by atoms with Crippen LogP contribution in [0.15, 0.2) is 36.4 Å². The van der Waals surface area contributed by atoms with E-state index in [1.54, 1.807) is 24.3 Å². The first kappa shape index (κ1) is 22.8. The molecule has 0 aliphatic rings. The molecule has 0 aromatic heterocycles. The lowest BCUT2D eigenvalue weighted by molar-refractivity contribution is -0.146. The number of nitrogens with one attached hydrogen (secondary N) is 2. The Balaban J connectivity index is 1.82. The van der Waals surface area contributed by atoms with Crippen LogP contribution in [-0.2, 0) is 14.3 Å². The van der Waals surface area contributed by atoms with Crippen molar-refractivity contribution in [3.63, 3.8) is 0 Å². The molecule has 10 heteroatoms. The Hall–Kier alpha value is -3.46. The minimum atomic E-state index is -0.772. The van der Waals surface area contributed by atoms with E-state index in [1.807, 2.05) is 0 Å². The normalized spacial score (nSPS) is 10.0. The molecule has 0 saturated carbocycles. The lowest BCUT2D eigenvalue weighted by Crippen LogP contribution is -2.32. The molecule has 0 aliphatic heterocycles. The fraction of sp³-hybridized carbons (Fsp3) is 0.250. The van der Waals surface area contributed by atoms with Crippen LogP contribution in [-0.4, -0.2) is 52.3 Å². The molecule has 0 radical (unpaired) electrons. The van der Waals surface area contributed by atoms with Crippen LogP contribution in [0, 0.1) is 0 Å². The number of hydrogen-bond acceptors (Lipinski definition) is 7. The highest BCUT2D eigenvalue weighted by molar-refractivity contribution is 6.32. The van der Waals surface area contributed by atoms with Gasteiger partial charge in [0.1, 0.15) is 23.8 Å². The lowest BCUT2D eigenvalue weighted by atomic mass is 10.2. The number of methoxy groups -OCH3 is 3. The van der Waals surface area contributed by atoms with Gasteiger partial charge in [-0.2, -0.15) is 0 Å². The van der Waals surface area contributed by atoms with E-state index >= 15 is 0 Å². The van der Waals surface area contributed by atoms with Crippen molar-refractivity contribution in [2.75, 3.05) is 39.8 Å². The van der Waals surface area contributed by atoms with E-state index in [4.69, 9.17) is 30.5 Å². The van der Waals surface area contributed by atoms with Gasteiger partial charge in [0.2, 0.25) is 0 Å². The second kappa shape index (κ2) is 10.9. The first-order valence-electron chi connectivity index (χ1n) is 8.67. The molecule has 2 aromatic rings. The molecule has 2 N–H and O–H groups in total. The van der Waals surface area contributed by atoms with Crippen molar-refractivity contribution in [3.8, 4) is 17.2 Å². The number of halogens is 1. The lowest BCUT2D eigenvalue weighted by Gasteiger charge is -2.13. The first-order valence-corrected chi connectivity index (χ1v) is 9.05. The minimum Gasteiger partial charge on any atom is -0.497 e. The summed E-state index contributed by atoms with van der Waals surface area (Å²) in [5, 5.41) is 5.21. The van der Waals surface area contributed by atoms with Gasteiger partial charge in [0.25, 0.3) is 11.8 Å². The molecule has 160 valence electrons. The van der Waals surface area contributed by atoms with Crippen molar-refractivity contribution in [2.24, 2.45) is 0 Å². The molecule has 0 saturated heterocycles. The van der Waals surface area contributed by atoms with Gasteiger partial charge in [0, 0.05) is 11.6 Å². The van der Waals surface area contributed by atoms with Gasteiger partial charge in [-0.05, 0) is 30.3 Å². The van der Waals surface area contributed by atoms with Crippen LogP contribution < -0.4 is 24.8 Å². The average Bonchev–Trinajstić information content (AvgIpc) is 2.76. The first-order chi connectivity index (χ1) is 14.4. The van der Waals surface area contributed by atoms with Crippen molar-refractivity contribution >= 4 is 35.1 Å². The summed E-state index contributed by atoms with van der Waals surface area (Å²) in [5.41, 5.74) is 0.641. The molecule has 30 heavy (non-hydrogen) atoms. The summed E-state index contributed by atoms with van der Waals surface area (Å²) in [6, 6.07) is 9.32. The number of benzene rings is 2. The molecule has 2 amide bonds. The maximum absolute atomic E-state index is 12.1. The Labute approximate surface area is 178 Å². The third kappa shape index (κ3) is 6.28. The quantitative estimate of drug-likeness (QED) is 0.580. The third-order valence-corrected chi connectivity index (χ3v) is 4.15. The fourth-order valence-electron chi connectivity index (χ4n) is 2.34. The van der Waals surface area contributed by atoms with E-state index < -0.39 is 30.9 Å². The topological polar surface area (TPSA) is 112 Å². The predicted molar refractivity (Wildman–Crippen MR) is 109 cm³/mol. The molecule has 0 fully saturated rings. The van der Waals surface area contributed by atoms with Crippen LogP contribution >= 0.6 is 11.6 Å². The van der Waals surface area contributed by atoms with Crippen LogP contribution in [0.3, 0.4) is 0 Å². The number of anilines is 1. The van der Waals surface area contributed by atoms with Crippen LogP contribution in [0.1, 0.15) is 10.4 Å². The highest BCUT2D eigenvalue weighted by Gasteiger charge is 2.15. The molecule has 0 unspecified atom stereocenters. The van der Waals surface area contributed by atoms with E-state index in [2.05, 4.69) is 10.6 Å². The third-order valence-electron chi connectivity index (χ3n) is 3.86. The fourth-order valence-corrected chi connectivity index (χ4v) is 2.58. The van der Waals surface area contributed by atoms with Crippen LogP contribution in [0.25, 0.3) is 0 Å². The van der Waals surface area contributed by atoms with Gasteiger partial charge < -0.3 is 29.6 Å². The van der Waals surface area contributed by atoms with E-state index in [1.165, 1.54) is 33.5 Å². The second-order valence-electron chi connectivity index (χ2n) is 5.81. The Morgan fingerprint density at radius 2 is 1.60 bits per heavy atom. The number of amides is 2. The molecular formula is C20H21ClN2O7. The zero-order valence-electron chi connectivity index (χ0n) is 16.6. The van der Waals surface area contributed by atoms with E-state index in [-0.39, 0.29) is 10.7 Å². The summed E-state index contributed by atoms with van der Waals surface area (Å²) >= 11 is 6.04. The molecule has 0 heterocycles. The number of hydrogen-bond donors (Lipinski definition) is 2. The zero-order chi connectivity index (χ0) is 22.1. The van der Waals surface area contributed by atoms with E-state index in [0.29, 0.717) is 22.8 Å². The maximum Gasteiger partial charge on any atom is 0.325 e. The molecular weight excluding hydrogens is 416 g/mol. The summed E-state index contributed by atoms with van der Waals surface area (Å²) in [6.45, 7) is -0.945. The molecule has 2 rings (SSSR count). The highest BCUT2D eigenvalue weighted by atomic mass is 35.5. The van der Waals surface area contributed by atoms with Crippen molar-refractivity contribution in [1.29, 1.82) is 0 Å². The van der Waals surface area contributed by atoms with Crippen molar-refractivity contribution in [3.05, 3.63) is 47.0 Å². The summed E-state index contributed by atoms with van der Waals surface area (Å²) in [4.78, 5) is 35.9. The Morgan fingerprint density at radius 3 is 2.20 bits per heavy atom. The second-order valence-corrected chi connectivity index (χ2v) is 6.21. The number of rotatable bonds is 9. The SMILES string of the molecule is COc1ccc(C(=O)NCC(=O)OCC(=O)Nc2cc(Cl)c(OC)cc2OC)cc1. The molecule has 0 spiro atoms. The van der Waals surface area contributed by atoms with E-state index in [9.17, 15) is 14.4 Å². The number of ether oxygens (including phenoxy) is 4. The highest BCUT2D eigenvalue weighted by Crippen LogP contribution is 2.35. The van der Waals surface area contributed by atoms with Crippen LogP contribution in [0.2, 0.25) is 5.02 Å². The van der Waals surface area contributed by atoms with Gasteiger partial charge in [0.15, 0.2) is 6.61 Å². The zero-order valence-corrected chi connectivity index (χ0v) is 17.4. The predicted octanol–water partition coefficient (Wildman–Crippen LogP) is 2.28. The minimum absolute atomic E-state index is 0.270. The molecule has 2 aromatic carbocycles. The molecule has 0 atom stereocenters. The number of carbonyl (C=O) groups is 3. The summed E-state index contributed by atoms with van der Waals surface area (Å²) in [5.74, 6) is -0.534. The van der Waals surface area contributed by atoms with Gasteiger partial charge in [-0.15, -0.1) is 0 Å². The van der Waals surface area contributed by atoms with E-state index in [0.717, 1.165) is 0 Å². The molecule has 0 aliphatic carbocycles. The number of carbonyl (C=O) groups excluding carboxylic acids is 3. The van der Waals surface area contributed by atoms with Crippen molar-refractivity contribution in [1.82, 2.24) is 5.32 Å². The monoisotopic (exact) mass is 436 g/mol. The molecule has 9 nitrogen and oxygen atoms in total. The van der Waals surface area contributed by atoms with Crippen molar-refractivity contribution in [2.45, 2.75) is 0 Å². The smallest absolute Gasteiger partial charge is 0.325 e. The Bertz CT molecular complexity index is 916. The molecule has 0 bridgehead atoms. The van der Waals surface area contributed by atoms with Gasteiger partial charge in [-0.3, -0.25) is 14.4 Å². The standard InChI is InChI=1S/C20H21ClN2O7/c1-27-13-6-4-12(5-7-13)20(26)22-10-19(25)30-11-18(24)23-15-8-14(21)16(28-2)9-17(15)29-3/h4-9H,10-11H2,1-3H3,(H,22,26)(H,23,24). The number of esters is 1. The van der Waals surface area contributed by atoms with Crippen molar-refractivity contribution < 1.29 is 33.3 Å².